The van der Waals surface area contributed by atoms with Crippen molar-refractivity contribution in [1.82, 2.24) is 15.3 Å². The van der Waals surface area contributed by atoms with E-state index in [0.717, 1.165) is 17.0 Å². The van der Waals surface area contributed by atoms with Gasteiger partial charge in [-0.25, -0.2) is 9.97 Å². The van der Waals surface area contributed by atoms with Gasteiger partial charge < -0.3 is 24.8 Å². The van der Waals surface area contributed by atoms with Crippen LogP contribution in [0.3, 0.4) is 0 Å². The van der Waals surface area contributed by atoms with Gasteiger partial charge in [0.05, 0.1) is 12.7 Å². The number of nitrogens with zero attached hydrogens (tertiary/aromatic N) is 2. The van der Waals surface area contributed by atoms with Crippen molar-refractivity contribution in [3.05, 3.63) is 66.0 Å². The molecule has 0 unspecified atom stereocenters. The number of rotatable bonds is 7. The van der Waals surface area contributed by atoms with Crippen LogP contribution in [0.2, 0.25) is 0 Å². The molecule has 0 spiro atoms. The summed E-state index contributed by atoms with van der Waals surface area (Å²) in [6, 6.07) is 13.2. The van der Waals surface area contributed by atoms with E-state index in [1.165, 1.54) is 12.4 Å². The fourth-order valence-corrected chi connectivity index (χ4v) is 2.86. The van der Waals surface area contributed by atoms with Crippen molar-refractivity contribution in [2.45, 2.75) is 6.42 Å². The van der Waals surface area contributed by atoms with E-state index < -0.39 is 0 Å². The first-order chi connectivity index (χ1) is 14.2. The second-order valence-corrected chi connectivity index (χ2v) is 6.35. The van der Waals surface area contributed by atoms with Gasteiger partial charge in [0.2, 0.25) is 12.7 Å². The minimum atomic E-state index is -0.220. The fourth-order valence-electron chi connectivity index (χ4n) is 2.86. The summed E-state index contributed by atoms with van der Waals surface area (Å²) in [6.07, 6.45) is 3.68. The third kappa shape index (κ3) is 4.55. The SMILES string of the molecule is COc1cccc(CCNC(=O)c2cnc(Nc3ccc4c(c3)OCO4)nc2)c1. The van der Waals surface area contributed by atoms with Crippen LogP contribution in [-0.4, -0.2) is 36.3 Å². The van der Waals surface area contributed by atoms with Crippen molar-refractivity contribution in [2.75, 3.05) is 25.8 Å². The zero-order valence-electron chi connectivity index (χ0n) is 15.8. The van der Waals surface area contributed by atoms with Crippen LogP contribution in [0.5, 0.6) is 17.2 Å². The minimum absolute atomic E-state index is 0.219. The molecule has 0 radical (unpaired) electrons. The zero-order chi connectivity index (χ0) is 20.1. The first kappa shape index (κ1) is 18.5. The maximum atomic E-state index is 12.3. The van der Waals surface area contributed by atoms with Crippen molar-refractivity contribution >= 4 is 17.5 Å². The normalized spacial score (nSPS) is 11.8. The quantitative estimate of drug-likeness (QED) is 0.638. The molecule has 8 nitrogen and oxygen atoms in total. The molecule has 2 N–H and O–H groups in total. The average molecular weight is 392 g/mol. The third-order valence-corrected chi connectivity index (χ3v) is 4.38. The number of fused-ring (bicyclic) bond motifs is 1. The number of hydrogen-bond acceptors (Lipinski definition) is 7. The highest BCUT2D eigenvalue weighted by Crippen LogP contribution is 2.34. The first-order valence-electron chi connectivity index (χ1n) is 9.11. The van der Waals surface area contributed by atoms with Crippen molar-refractivity contribution < 1.29 is 19.0 Å². The number of methoxy groups -OCH3 is 1. The molecule has 148 valence electrons. The Bertz CT molecular complexity index is 1010. The van der Waals surface area contributed by atoms with Crippen LogP contribution < -0.4 is 24.8 Å². The lowest BCUT2D eigenvalue weighted by Crippen LogP contribution is -2.26. The molecule has 3 aromatic rings. The largest absolute Gasteiger partial charge is 0.497 e. The van der Waals surface area contributed by atoms with Crippen LogP contribution in [0, 0.1) is 0 Å². The Labute approximate surface area is 167 Å². The van der Waals surface area contributed by atoms with E-state index in [2.05, 4.69) is 20.6 Å². The second-order valence-electron chi connectivity index (χ2n) is 6.35. The van der Waals surface area contributed by atoms with Crippen molar-refractivity contribution in [3.63, 3.8) is 0 Å². The molecule has 0 saturated carbocycles. The highest BCUT2D eigenvalue weighted by atomic mass is 16.7. The number of amides is 1. The second kappa shape index (κ2) is 8.47. The maximum Gasteiger partial charge on any atom is 0.254 e. The zero-order valence-corrected chi connectivity index (χ0v) is 15.8. The summed E-state index contributed by atoms with van der Waals surface area (Å²) in [5.74, 6) is 2.34. The lowest BCUT2D eigenvalue weighted by atomic mass is 10.1. The lowest BCUT2D eigenvalue weighted by molar-refractivity contribution is 0.0953. The van der Waals surface area contributed by atoms with E-state index in [1.54, 1.807) is 7.11 Å². The summed E-state index contributed by atoms with van der Waals surface area (Å²) in [5.41, 5.74) is 2.25. The molecule has 0 fully saturated rings. The Morgan fingerprint density at radius 1 is 1.10 bits per heavy atom. The molecule has 2 aromatic carbocycles. The topological polar surface area (TPSA) is 94.6 Å². The number of anilines is 2. The molecular weight excluding hydrogens is 372 g/mol. The summed E-state index contributed by atoms with van der Waals surface area (Å²) >= 11 is 0. The van der Waals surface area contributed by atoms with E-state index >= 15 is 0 Å². The number of benzene rings is 2. The van der Waals surface area contributed by atoms with Gasteiger partial charge in [-0.3, -0.25) is 4.79 Å². The van der Waals surface area contributed by atoms with Crippen LogP contribution >= 0.6 is 0 Å². The number of hydrogen-bond donors (Lipinski definition) is 2. The monoisotopic (exact) mass is 392 g/mol. The van der Waals surface area contributed by atoms with Gasteiger partial charge in [-0.2, -0.15) is 0 Å². The van der Waals surface area contributed by atoms with Crippen LogP contribution in [0.1, 0.15) is 15.9 Å². The number of ether oxygens (including phenoxy) is 3. The maximum absolute atomic E-state index is 12.3. The smallest absolute Gasteiger partial charge is 0.254 e. The molecule has 0 saturated heterocycles. The van der Waals surface area contributed by atoms with Crippen molar-refractivity contribution in [1.29, 1.82) is 0 Å². The fraction of sp³-hybridized carbons (Fsp3) is 0.190. The van der Waals surface area contributed by atoms with Crippen LogP contribution in [0.15, 0.2) is 54.9 Å². The molecule has 1 aromatic heterocycles. The summed E-state index contributed by atoms with van der Waals surface area (Å²) in [5, 5.41) is 5.95. The summed E-state index contributed by atoms with van der Waals surface area (Å²) in [6.45, 7) is 0.722. The van der Waals surface area contributed by atoms with Gasteiger partial charge in [-0.05, 0) is 36.2 Å². The summed E-state index contributed by atoms with van der Waals surface area (Å²) < 4.78 is 15.8. The highest BCUT2D eigenvalue weighted by Gasteiger charge is 2.14. The number of carbonyl (C=O) groups excluding carboxylic acids is 1. The lowest BCUT2D eigenvalue weighted by Gasteiger charge is -2.08. The molecule has 2 heterocycles. The molecule has 1 aliphatic heterocycles. The van der Waals surface area contributed by atoms with Gasteiger partial charge in [0.25, 0.3) is 5.91 Å². The van der Waals surface area contributed by atoms with Gasteiger partial charge in [0, 0.05) is 30.7 Å². The van der Waals surface area contributed by atoms with E-state index in [0.29, 0.717) is 36.0 Å². The Kier molecular flexibility index (Phi) is 5.42. The summed E-state index contributed by atoms with van der Waals surface area (Å²) in [4.78, 5) is 20.7. The first-order valence-corrected chi connectivity index (χ1v) is 9.11. The Morgan fingerprint density at radius 3 is 2.76 bits per heavy atom. The molecule has 0 bridgehead atoms. The Hall–Kier alpha value is -3.81. The molecule has 29 heavy (non-hydrogen) atoms. The molecule has 1 aliphatic rings. The number of aromatic nitrogens is 2. The molecule has 1 amide bonds. The van der Waals surface area contributed by atoms with Gasteiger partial charge in [-0.1, -0.05) is 12.1 Å². The van der Waals surface area contributed by atoms with E-state index in [1.807, 2.05) is 42.5 Å². The highest BCUT2D eigenvalue weighted by molar-refractivity contribution is 5.93. The van der Waals surface area contributed by atoms with Gasteiger partial charge in [0.1, 0.15) is 5.75 Å². The van der Waals surface area contributed by atoms with Gasteiger partial charge in [-0.15, -0.1) is 0 Å². The van der Waals surface area contributed by atoms with E-state index in [9.17, 15) is 4.79 Å². The molecule has 0 atom stereocenters. The standard InChI is InChI=1S/C21H20N4O4/c1-27-17-4-2-3-14(9-17)7-8-22-20(26)15-11-23-21(24-12-15)25-16-5-6-18-19(10-16)29-13-28-18/h2-6,9-12H,7-8,13H2,1H3,(H,22,26)(H,23,24,25). The van der Waals surface area contributed by atoms with Gasteiger partial charge in [0.15, 0.2) is 11.5 Å². The van der Waals surface area contributed by atoms with Gasteiger partial charge >= 0.3 is 0 Å². The molecule has 4 rings (SSSR count). The van der Waals surface area contributed by atoms with Crippen molar-refractivity contribution in [2.24, 2.45) is 0 Å². The molecular formula is C21H20N4O4. The van der Waals surface area contributed by atoms with E-state index in [-0.39, 0.29) is 12.7 Å². The number of carbonyl (C=O) groups is 1. The van der Waals surface area contributed by atoms with Crippen LogP contribution in [-0.2, 0) is 6.42 Å². The third-order valence-electron chi connectivity index (χ3n) is 4.38. The molecule has 0 aliphatic carbocycles. The average Bonchev–Trinajstić information content (AvgIpc) is 3.22. The van der Waals surface area contributed by atoms with Crippen LogP contribution in [0.25, 0.3) is 0 Å². The predicted octanol–water partition coefficient (Wildman–Crippen LogP) is 2.93. The predicted molar refractivity (Wildman–Crippen MR) is 107 cm³/mol. The summed E-state index contributed by atoms with van der Waals surface area (Å²) in [7, 11) is 1.63. The Balaban J connectivity index is 1.30. The number of nitrogens with one attached hydrogen (secondary N) is 2. The molecule has 8 heteroatoms. The van der Waals surface area contributed by atoms with E-state index in [4.69, 9.17) is 14.2 Å². The van der Waals surface area contributed by atoms with Crippen molar-refractivity contribution in [3.8, 4) is 17.2 Å². The Morgan fingerprint density at radius 2 is 1.93 bits per heavy atom. The van der Waals surface area contributed by atoms with Crippen LogP contribution in [0.4, 0.5) is 11.6 Å². The minimum Gasteiger partial charge on any atom is -0.497 e.